The highest BCUT2D eigenvalue weighted by Crippen LogP contribution is 2.10. The van der Waals surface area contributed by atoms with E-state index in [-0.39, 0.29) is 5.91 Å². The van der Waals surface area contributed by atoms with Crippen LogP contribution in [-0.4, -0.2) is 29.9 Å². The maximum absolute atomic E-state index is 11.0. The maximum Gasteiger partial charge on any atom is 0.244 e. The Labute approximate surface area is 99.7 Å². The molecule has 0 aliphatic heterocycles. The largest absolute Gasteiger partial charge is 0.366 e. The highest BCUT2D eigenvalue weighted by molar-refractivity contribution is 5.91. The summed E-state index contributed by atoms with van der Waals surface area (Å²) in [5, 5.41) is 0. The van der Waals surface area contributed by atoms with Gasteiger partial charge in [0.1, 0.15) is 0 Å². The summed E-state index contributed by atoms with van der Waals surface area (Å²) in [5.74, 6) is -0.314. The Morgan fingerprint density at radius 2 is 1.75 bits per heavy atom. The Hall–Kier alpha value is -0.830. The summed E-state index contributed by atoms with van der Waals surface area (Å²) in [7, 11) is 0. The molecule has 1 amide bonds. The zero-order valence-electron chi connectivity index (χ0n) is 11.1. The summed E-state index contributed by atoms with van der Waals surface area (Å²) in [6.07, 6.45) is 5.30. The van der Waals surface area contributed by atoms with Gasteiger partial charge in [-0.3, -0.25) is 9.69 Å². The van der Waals surface area contributed by atoms with Gasteiger partial charge in [0.25, 0.3) is 0 Å². The minimum Gasteiger partial charge on any atom is -0.366 e. The number of carbonyl (C=O) groups is 1. The van der Waals surface area contributed by atoms with Crippen molar-refractivity contribution in [3.05, 3.63) is 11.6 Å². The van der Waals surface area contributed by atoms with Gasteiger partial charge >= 0.3 is 0 Å². The number of nitrogens with two attached hydrogens (primary N) is 1. The third-order valence-corrected chi connectivity index (χ3v) is 2.74. The maximum atomic E-state index is 11.0. The molecule has 0 aromatic heterocycles. The standard InChI is InChI=1S/C13H26N2O/c1-5-8-15(9-6-2)12(7-3)10-11(4)13(14)16/h10,12H,5-9H2,1-4H3,(H2,14,16)/b11-10+. The van der Waals surface area contributed by atoms with E-state index >= 15 is 0 Å². The molecule has 0 bridgehead atoms. The predicted molar refractivity (Wildman–Crippen MR) is 69.2 cm³/mol. The highest BCUT2D eigenvalue weighted by atomic mass is 16.1. The average Bonchev–Trinajstić information content (AvgIpc) is 2.25. The molecule has 3 heteroatoms. The van der Waals surface area contributed by atoms with Crippen LogP contribution in [0.2, 0.25) is 0 Å². The number of hydrogen-bond donors (Lipinski definition) is 1. The number of carbonyl (C=O) groups excluding carboxylic acids is 1. The zero-order chi connectivity index (χ0) is 12.6. The second-order valence-corrected chi connectivity index (χ2v) is 4.23. The first-order valence-corrected chi connectivity index (χ1v) is 6.29. The normalized spacial score (nSPS) is 14.2. The minimum absolute atomic E-state index is 0.314. The number of primary amides is 1. The molecule has 0 rings (SSSR count). The van der Waals surface area contributed by atoms with E-state index in [2.05, 4.69) is 25.7 Å². The van der Waals surface area contributed by atoms with E-state index in [1.807, 2.05) is 6.08 Å². The second-order valence-electron chi connectivity index (χ2n) is 4.23. The molecule has 3 nitrogen and oxygen atoms in total. The summed E-state index contributed by atoms with van der Waals surface area (Å²) < 4.78 is 0. The summed E-state index contributed by atoms with van der Waals surface area (Å²) >= 11 is 0. The van der Waals surface area contributed by atoms with Crippen molar-refractivity contribution in [2.24, 2.45) is 5.73 Å². The minimum atomic E-state index is -0.314. The Balaban J connectivity index is 4.64. The van der Waals surface area contributed by atoms with E-state index in [1.54, 1.807) is 6.92 Å². The lowest BCUT2D eigenvalue weighted by Gasteiger charge is -2.28. The Bertz CT molecular complexity index is 230. The van der Waals surface area contributed by atoms with Gasteiger partial charge in [0.05, 0.1) is 0 Å². The summed E-state index contributed by atoms with van der Waals surface area (Å²) in [5.41, 5.74) is 5.93. The van der Waals surface area contributed by atoms with Crippen LogP contribution in [0, 0.1) is 0 Å². The third-order valence-electron chi connectivity index (χ3n) is 2.74. The first-order chi connectivity index (χ1) is 7.56. The zero-order valence-corrected chi connectivity index (χ0v) is 11.1. The molecular formula is C13H26N2O. The van der Waals surface area contributed by atoms with Crippen molar-refractivity contribution in [3.63, 3.8) is 0 Å². The lowest BCUT2D eigenvalue weighted by molar-refractivity contribution is -0.114. The molecule has 1 atom stereocenters. The van der Waals surface area contributed by atoms with Gasteiger partial charge < -0.3 is 5.73 Å². The van der Waals surface area contributed by atoms with Crippen LogP contribution in [0.3, 0.4) is 0 Å². The van der Waals surface area contributed by atoms with Crippen LogP contribution < -0.4 is 5.73 Å². The molecule has 0 aromatic carbocycles. The van der Waals surface area contributed by atoms with Gasteiger partial charge in [-0.25, -0.2) is 0 Å². The Morgan fingerprint density at radius 3 is 2.06 bits per heavy atom. The molecule has 0 aliphatic carbocycles. The van der Waals surface area contributed by atoms with Crippen LogP contribution in [-0.2, 0) is 4.79 Å². The quantitative estimate of drug-likeness (QED) is 0.646. The van der Waals surface area contributed by atoms with Gasteiger partial charge in [0.15, 0.2) is 0 Å². The number of nitrogens with zero attached hydrogens (tertiary/aromatic N) is 1. The molecular weight excluding hydrogens is 200 g/mol. The van der Waals surface area contributed by atoms with E-state index in [0.717, 1.165) is 32.4 Å². The molecule has 0 spiro atoms. The van der Waals surface area contributed by atoms with Crippen molar-refractivity contribution in [3.8, 4) is 0 Å². The van der Waals surface area contributed by atoms with Crippen molar-refractivity contribution in [2.75, 3.05) is 13.1 Å². The first kappa shape index (κ1) is 15.2. The molecule has 0 aromatic rings. The third kappa shape index (κ3) is 5.31. The van der Waals surface area contributed by atoms with E-state index in [0.29, 0.717) is 11.6 Å². The first-order valence-electron chi connectivity index (χ1n) is 6.29. The van der Waals surface area contributed by atoms with Crippen molar-refractivity contribution in [1.29, 1.82) is 0 Å². The fourth-order valence-electron chi connectivity index (χ4n) is 1.87. The van der Waals surface area contributed by atoms with E-state index in [4.69, 9.17) is 5.73 Å². The van der Waals surface area contributed by atoms with Crippen LogP contribution in [0.1, 0.15) is 47.0 Å². The van der Waals surface area contributed by atoms with Gasteiger partial charge in [-0.1, -0.05) is 26.8 Å². The lowest BCUT2D eigenvalue weighted by atomic mass is 10.1. The molecule has 94 valence electrons. The summed E-state index contributed by atoms with van der Waals surface area (Å²) in [4.78, 5) is 13.4. The van der Waals surface area contributed by atoms with E-state index < -0.39 is 0 Å². The molecule has 16 heavy (non-hydrogen) atoms. The van der Waals surface area contributed by atoms with Crippen molar-refractivity contribution >= 4 is 5.91 Å². The van der Waals surface area contributed by atoms with Gasteiger partial charge in [-0.2, -0.15) is 0 Å². The van der Waals surface area contributed by atoms with Crippen LogP contribution in [0.25, 0.3) is 0 Å². The molecule has 0 heterocycles. The van der Waals surface area contributed by atoms with Crippen molar-refractivity contribution < 1.29 is 4.79 Å². The molecule has 1 unspecified atom stereocenters. The van der Waals surface area contributed by atoms with Crippen LogP contribution in [0.5, 0.6) is 0 Å². The van der Waals surface area contributed by atoms with Gasteiger partial charge in [0.2, 0.25) is 5.91 Å². The monoisotopic (exact) mass is 226 g/mol. The van der Waals surface area contributed by atoms with E-state index in [1.165, 1.54) is 0 Å². The van der Waals surface area contributed by atoms with Crippen LogP contribution >= 0.6 is 0 Å². The number of hydrogen-bond acceptors (Lipinski definition) is 2. The van der Waals surface area contributed by atoms with E-state index in [9.17, 15) is 4.79 Å². The van der Waals surface area contributed by atoms with Gasteiger partial charge in [-0.05, 0) is 39.3 Å². The average molecular weight is 226 g/mol. The highest BCUT2D eigenvalue weighted by Gasteiger charge is 2.13. The number of amides is 1. The summed E-state index contributed by atoms with van der Waals surface area (Å²) in [6.45, 7) is 10.5. The Morgan fingerprint density at radius 1 is 1.25 bits per heavy atom. The smallest absolute Gasteiger partial charge is 0.244 e. The van der Waals surface area contributed by atoms with Gasteiger partial charge in [-0.15, -0.1) is 0 Å². The Kier molecular flexibility index (Phi) is 7.90. The molecule has 0 saturated heterocycles. The molecule has 0 fully saturated rings. The SMILES string of the molecule is CCCN(CCC)C(/C=C(\C)C(N)=O)CC. The fraction of sp³-hybridized carbons (Fsp3) is 0.769. The molecule has 0 aliphatic rings. The van der Waals surface area contributed by atoms with Crippen molar-refractivity contribution in [1.82, 2.24) is 4.90 Å². The van der Waals surface area contributed by atoms with Gasteiger partial charge in [0, 0.05) is 11.6 Å². The second kappa shape index (κ2) is 8.34. The van der Waals surface area contributed by atoms with Crippen LogP contribution in [0.4, 0.5) is 0 Å². The van der Waals surface area contributed by atoms with Crippen molar-refractivity contribution in [2.45, 2.75) is 53.0 Å². The molecule has 2 N–H and O–H groups in total. The molecule has 0 radical (unpaired) electrons. The van der Waals surface area contributed by atoms with Crippen LogP contribution in [0.15, 0.2) is 11.6 Å². The topological polar surface area (TPSA) is 46.3 Å². The summed E-state index contributed by atoms with van der Waals surface area (Å²) in [6, 6.07) is 0.340. The fourth-order valence-corrected chi connectivity index (χ4v) is 1.87. The molecule has 0 saturated carbocycles. The lowest BCUT2D eigenvalue weighted by Crippen LogP contribution is -2.35. The number of rotatable bonds is 8. The predicted octanol–water partition coefficient (Wildman–Crippen LogP) is 2.32.